The number of para-hydroxylation sites is 1. The Morgan fingerprint density at radius 3 is 2.33 bits per heavy atom. The molecule has 1 aromatic heterocycles. The second kappa shape index (κ2) is 10.9. The number of benzene rings is 3. The highest BCUT2D eigenvalue weighted by molar-refractivity contribution is 7.92. The van der Waals surface area contributed by atoms with Crippen molar-refractivity contribution in [3.63, 3.8) is 0 Å². The molecule has 0 aliphatic heterocycles. The monoisotopic (exact) mass is 504 g/mol. The second-order valence-corrected chi connectivity index (χ2v) is 10.6. The molecule has 0 spiro atoms. The number of rotatable bonds is 10. The van der Waals surface area contributed by atoms with Crippen LogP contribution < -0.4 is 9.93 Å². The standard InChI is InChI=1S/C28H28N2O5S/c1-3-4-5-8-21-13-15-22(16-14-21)26(31)19-30(36(33,34)23-17-11-20(2)12-18-23)28-29-25-10-7-6-9-24(25)27(32)35-28/h6-7,9-18H,3-5,8,19H2,1-2H3. The van der Waals surface area contributed by atoms with Crippen LogP contribution in [0.3, 0.4) is 0 Å². The molecule has 1 heterocycles. The second-order valence-electron chi connectivity index (χ2n) is 8.70. The van der Waals surface area contributed by atoms with Gasteiger partial charge >= 0.3 is 11.6 Å². The van der Waals surface area contributed by atoms with Crippen LogP contribution in [0.25, 0.3) is 10.9 Å². The van der Waals surface area contributed by atoms with Gasteiger partial charge in [-0.2, -0.15) is 4.98 Å². The molecule has 36 heavy (non-hydrogen) atoms. The fraction of sp³-hybridized carbons (Fsp3) is 0.250. The fourth-order valence-corrected chi connectivity index (χ4v) is 5.17. The predicted octanol–water partition coefficient (Wildman–Crippen LogP) is 5.31. The number of aromatic nitrogens is 1. The van der Waals surface area contributed by atoms with Crippen molar-refractivity contribution in [3.05, 3.63) is 99.9 Å². The number of ketones is 1. The van der Waals surface area contributed by atoms with Crippen molar-refractivity contribution >= 4 is 32.7 Å². The normalized spacial score (nSPS) is 11.5. The summed E-state index contributed by atoms with van der Waals surface area (Å²) in [4.78, 5) is 30.1. The van der Waals surface area contributed by atoms with E-state index in [0.717, 1.165) is 41.1 Å². The third-order valence-electron chi connectivity index (χ3n) is 5.98. The van der Waals surface area contributed by atoms with E-state index < -0.39 is 34.0 Å². The number of Topliss-reactive ketones (excluding diaryl/α,β-unsaturated/α-hetero) is 1. The molecule has 0 bridgehead atoms. The number of nitrogens with zero attached hydrogens (tertiary/aromatic N) is 2. The van der Waals surface area contributed by atoms with Crippen LogP contribution in [0, 0.1) is 6.92 Å². The summed E-state index contributed by atoms with van der Waals surface area (Å²) in [5, 5.41) is 0.221. The summed E-state index contributed by atoms with van der Waals surface area (Å²) in [7, 11) is -4.27. The van der Waals surface area contributed by atoms with Crippen LogP contribution >= 0.6 is 0 Å². The van der Waals surface area contributed by atoms with Gasteiger partial charge in [-0.1, -0.05) is 73.9 Å². The highest BCUT2D eigenvalue weighted by atomic mass is 32.2. The summed E-state index contributed by atoms with van der Waals surface area (Å²) in [5.41, 5.74) is 1.90. The lowest BCUT2D eigenvalue weighted by molar-refractivity contribution is 0.100. The molecule has 8 heteroatoms. The van der Waals surface area contributed by atoms with Crippen LogP contribution in [-0.2, 0) is 16.4 Å². The molecule has 3 aromatic carbocycles. The summed E-state index contributed by atoms with van der Waals surface area (Å²) >= 11 is 0. The highest BCUT2D eigenvalue weighted by Gasteiger charge is 2.31. The van der Waals surface area contributed by atoms with E-state index >= 15 is 0 Å². The Balaban J connectivity index is 1.71. The van der Waals surface area contributed by atoms with E-state index in [4.69, 9.17) is 4.42 Å². The lowest BCUT2D eigenvalue weighted by atomic mass is 10.0. The zero-order valence-electron chi connectivity index (χ0n) is 20.3. The van der Waals surface area contributed by atoms with Crippen molar-refractivity contribution < 1.29 is 17.6 Å². The molecule has 186 valence electrons. The van der Waals surface area contributed by atoms with Crippen molar-refractivity contribution in [2.24, 2.45) is 0 Å². The number of hydrogen-bond acceptors (Lipinski definition) is 6. The first-order valence-electron chi connectivity index (χ1n) is 11.9. The minimum atomic E-state index is -4.27. The van der Waals surface area contributed by atoms with Gasteiger partial charge in [-0.15, -0.1) is 0 Å². The molecule has 0 saturated carbocycles. The average Bonchev–Trinajstić information content (AvgIpc) is 2.88. The van der Waals surface area contributed by atoms with Gasteiger partial charge in [0, 0.05) is 5.56 Å². The number of unbranched alkanes of at least 4 members (excludes halogenated alkanes) is 2. The van der Waals surface area contributed by atoms with Crippen LogP contribution in [-0.4, -0.2) is 25.7 Å². The van der Waals surface area contributed by atoms with Gasteiger partial charge in [0.1, 0.15) is 6.54 Å². The molecule has 4 rings (SSSR count). The lowest BCUT2D eigenvalue weighted by Crippen LogP contribution is -2.37. The third kappa shape index (κ3) is 5.54. The number of sulfonamides is 1. The first kappa shape index (κ1) is 25.3. The lowest BCUT2D eigenvalue weighted by Gasteiger charge is -2.21. The Morgan fingerprint density at radius 2 is 1.64 bits per heavy atom. The van der Waals surface area contributed by atoms with Crippen LogP contribution in [0.1, 0.15) is 47.7 Å². The quantitative estimate of drug-likeness (QED) is 0.215. The summed E-state index contributed by atoms with van der Waals surface area (Å²) in [6.45, 7) is 3.41. The number of carbonyl (C=O) groups excluding carboxylic acids is 1. The number of hydrogen-bond donors (Lipinski definition) is 0. The van der Waals surface area contributed by atoms with Crippen LogP contribution in [0.4, 0.5) is 6.01 Å². The first-order chi connectivity index (χ1) is 17.3. The molecule has 0 saturated heterocycles. The maximum atomic E-state index is 13.6. The van der Waals surface area contributed by atoms with E-state index in [1.807, 2.05) is 19.1 Å². The molecule has 0 aliphatic rings. The Morgan fingerprint density at radius 1 is 0.944 bits per heavy atom. The van der Waals surface area contributed by atoms with Gasteiger partial charge in [0.15, 0.2) is 5.78 Å². The minimum Gasteiger partial charge on any atom is -0.388 e. The van der Waals surface area contributed by atoms with Gasteiger partial charge in [0.2, 0.25) is 0 Å². The summed E-state index contributed by atoms with van der Waals surface area (Å²) in [6.07, 6.45) is 4.25. The first-order valence-corrected chi connectivity index (χ1v) is 13.3. The Bertz CT molecular complexity index is 1530. The fourth-order valence-electron chi connectivity index (χ4n) is 3.87. The topological polar surface area (TPSA) is 97.6 Å². The molecule has 4 aromatic rings. The zero-order chi connectivity index (χ0) is 25.7. The van der Waals surface area contributed by atoms with E-state index in [-0.39, 0.29) is 15.8 Å². The number of aryl methyl sites for hydroxylation is 2. The summed E-state index contributed by atoms with van der Waals surface area (Å²) < 4.78 is 33.4. The van der Waals surface area contributed by atoms with Gasteiger partial charge in [0.25, 0.3) is 10.0 Å². The number of carbonyl (C=O) groups is 1. The van der Waals surface area contributed by atoms with E-state index in [0.29, 0.717) is 5.56 Å². The Kier molecular flexibility index (Phi) is 7.64. The highest BCUT2D eigenvalue weighted by Crippen LogP contribution is 2.24. The maximum absolute atomic E-state index is 13.6. The Hall–Kier alpha value is -3.78. The average molecular weight is 505 g/mol. The molecular weight excluding hydrogens is 476 g/mol. The van der Waals surface area contributed by atoms with Gasteiger partial charge in [-0.3, -0.25) is 4.79 Å². The third-order valence-corrected chi connectivity index (χ3v) is 7.71. The van der Waals surface area contributed by atoms with Crippen LogP contribution in [0.5, 0.6) is 0 Å². The van der Waals surface area contributed by atoms with E-state index in [1.165, 1.54) is 12.1 Å². The molecule has 0 radical (unpaired) electrons. The van der Waals surface area contributed by atoms with Crippen molar-refractivity contribution in [3.8, 4) is 0 Å². The molecule has 0 fully saturated rings. The van der Waals surface area contributed by atoms with Crippen molar-refractivity contribution in [2.45, 2.75) is 44.4 Å². The minimum absolute atomic E-state index is 0.0372. The van der Waals surface area contributed by atoms with E-state index in [1.54, 1.807) is 48.5 Å². The van der Waals surface area contributed by atoms with E-state index in [2.05, 4.69) is 11.9 Å². The predicted molar refractivity (Wildman–Crippen MR) is 140 cm³/mol. The molecule has 0 amide bonds. The molecule has 0 unspecified atom stereocenters. The van der Waals surface area contributed by atoms with E-state index in [9.17, 15) is 18.0 Å². The molecule has 0 N–H and O–H groups in total. The van der Waals surface area contributed by atoms with Crippen molar-refractivity contribution in [1.29, 1.82) is 0 Å². The van der Waals surface area contributed by atoms with Crippen molar-refractivity contribution in [1.82, 2.24) is 4.98 Å². The van der Waals surface area contributed by atoms with Gasteiger partial charge < -0.3 is 4.42 Å². The zero-order valence-corrected chi connectivity index (χ0v) is 21.1. The van der Waals surface area contributed by atoms with Crippen LogP contribution in [0.2, 0.25) is 0 Å². The number of fused-ring (bicyclic) bond motifs is 1. The van der Waals surface area contributed by atoms with Crippen molar-refractivity contribution in [2.75, 3.05) is 10.8 Å². The molecule has 0 aliphatic carbocycles. The van der Waals surface area contributed by atoms with Gasteiger partial charge in [-0.25, -0.2) is 17.5 Å². The Labute approximate surface area is 210 Å². The SMILES string of the molecule is CCCCCc1ccc(C(=O)CN(c2nc3ccccc3c(=O)o2)S(=O)(=O)c2ccc(C)cc2)cc1. The summed E-state index contributed by atoms with van der Waals surface area (Å²) in [6, 6.07) is 19.4. The molecule has 0 atom stereocenters. The molecular formula is C28H28N2O5S. The van der Waals surface area contributed by atoms with Gasteiger partial charge in [-0.05, 0) is 49.6 Å². The largest absolute Gasteiger partial charge is 0.388 e. The summed E-state index contributed by atoms with van der Waals surface area (Å²) in [5.74, 6) is -0.441. The van der Waals surface area contributed by atoms with Gasteiger partial charge in [0.05, 0.1) is 15.8 Å². The van der Waals surface area contributed by atoms with Crippen LogP contribution in [0.15, 0.2) is 86.9 Å². The maximum Gasteiger partial charge on any atom is 0.348 e. The smallest absolute Gasteiger partial charge is 0.348 e. The number of anilines is 1. The molecule has 7 nitrogen and oxygen atoms in total.